The average Bonchev–Trinajstić information content (AvgIpc) is 2.81. The van der Waals surface area contributed by atoms with Gasteiger partial charge in [-0.2, -0.15) is 0 Å². The number of fused-ring (bicyclic) bond motifs is 1. The van der Waals surface area contributed by atoms with Crippen molar-refractivity contribution in [3.63, 3.8) is 0 Å². The molecule has 1 aliphatic rings. The zero-order chi connectivity index (χ0) is 22.5. The van der Waals surface area contributed by atoms with Gasteiger partial charge in [0.2, 0.25) is 0 Å². The lowest BCUT2D eigenvalue weighted by Crippen LogP contribution is -2.37. The van der Waals surface area contributed by atoms with Gasteiger partial charge in [0.25, 0.3) is 0 Å². The molecule has 1 aliphatic heterocycles. The highest BCUT2D eigenvalue weighted by Crippen LogP contribution is 2.31. The van der Waals surface area contributed by atoms with Gasteiger partial charge in [0.1, 0.15) is 5.82 Å². The topological polar surface area (TPSA) is 74.2 Å². The number of hydrogen-bond donors (Lipinski definition) is 3. The van der Waals surface area contributed by atoms with Gasteiger partial charge in [-0.1, -0.05) is 36.4 Å². The molecule has 0 bridgehead atoms. The van der Waals surface area contributed by atoms with Crippen molar-refractivity contribution in [1.82, 2.24) is 10.3 Å². The zero-order valence-electron chi connectivity index (χ0n) is 18.1. The molecular formula is C26H28FN3O2. The van der Waals surface area contributed by atoms with E-state index in [1.54, 1.807) is 13.0 Å². The molecule has 0 aliphatic carbocycles. The first kappa shape index (κ1) is 22.0. The van der Waals surface area contributed by atoms with Crippen molar-refractivity contribution in [3.05, 3.63) is 95.1 Å². The Hall–Kier alpha value is -3.25. The molecule has 32 heavy (non-hydrogen) atoms. The van der Waals surface area contributed by atoms with Crippen molar-refractivity contribution >= 4 is 11.7 Å². The van der Waals surface area contributed by atoms with E-state index in [0.717, 1.165) is 29.9 Å². The molecule has 0 amide bonds. The predicted octanol–water partition coefficient (Wildman–Crippen LogP) is 4.57. The van der Waals surface area contributed by atoms with Crippen LogP contribution >= 0.6 is 0 Å². The Morgan fingerprint density at radius 3 is 2.78 bits per heavy atom. The molecule has 2 aromatic carbocycles. The molecule has 0 saturated carbocycles. The summed E-state index contributed by atoms with van der Waals surface area (Å²) in [5.41, 5.74) is 4.66. The number of nitrogens with zero attached hydrogens (tertiary/aromatic N) is 1. The summed E-state index contributed by atoms with van der Waals surface area (Å²) in [5.74, 6) is -1.78. The second kappa shape index (κ2) is 9.92. The van der Waals surface area contributed by atoms with Gasteiger partial charge in [-0.05, 0) is 67.3 Å². The summed E-state index contributed by atoms with van der Waals surface area (Å²) in [4.78, 5) is 15.8. The Balaban J connectivity index is 1.48. The zero-order valence-corrected chi connectivity index (χ0v) is 18.1. The number of nitrogens with one attached hydrogen (secondary N) is 2. The fraction of sp³-hybridized carbons (Fsp3) is 0.308. The van der Waals surface area contributed by atoms with E-state index >= 15 is 0 Å². The highest BCUT2D eigenvalue weighted by atomic mass is 19.1. The number of aromatic nitrogens is 1. The number of aliphatic carboxylic acids is 1. The number of anilines is 1. The first-order valence-corrected chi connectivity index (χ1v) is 11.0. The first-order chi connectivity index (χ1) is 15.5. The molecule has 6 heteroatoms. The third-order valence-corrected chi connectivity index (χ3v) is 6.16. The highest BCUT2D eigenvalue weighted by Gasteiger charge is 2.27. The summed E-state index contributed by atoms with van der Waals surface area (Å²) in [7, 11) is 0. The summed E-state index contributed by atoms with van der Waals surface area (Å²) in [5, 5.41) is 16.4. The second-order valence-corrected chi connectivity index (χ2v) is 8.39. The Bertz CT molecular complexity index is 1070. The van der Waals surface area contributed by atoms with Crippen molar-refractivity contribution in [2.45, 2.75) is 31.7 Å². The summed E-state index contributed by atoms with van der Waals surface area (Å²) < 4.78 is 14.1. The quantitative estimate of drug-likeness (QED) is 0.485. The molecule has 166 valence electrons. The lowest BCUT2D eigenvalue weighted by Gasteiger charge is -2.33. The van der Waals surface area contributed by atoms with Crippen molar-refractivity contribution in [2.75, 3.05) is 18.4 Å². The van der Waals surface area contributed by atoms with Gasteiger partial charge in [-0.15, -0.1) is 0 Å². The van der Waals surface area contributed by atoms with Crippen LogP contribution in [0.5, 0.6) is 0 Å². The largest absolute Gasteiger partial charge is 0.481 e. The van der Waals surface area contributed by atoms with Crippen LogP contribution < -0.4 is 10.6 Å². The van der Waals surface area contributed by atoms with E-state index < -0.39 is 17.7 Å². The van der Waals surface area contributed by atoms with Gasteiger partial charge in [-0.3, -0.25) is 9.78 Å². The monoisotopic (exact) mass is 433 g/mol. The van der Waals surface area contributed by atoms with Crippen LogP contribution in [-0.4, -0.2) is 29.1 Å². The molecule has 0 saturated heterocycles. The van der Waals surface area contributed by atoms with Gasteiger partial charge >= 0.3 is 5.97 Å². The molecular weight excluding hydrogens is 405 g/mol. The van der Waals surface area contributed by atoms with Crippen LogP contribution in [0.2, 0.25) is 0 Å². The van der Waals surface area contributed by atoms with Gasteiger partial charge in [0, 0.05) is 24.7 Å². The molecule has 4 rings (SSSR count). The fourth-order valence-electron chi connectivity index (χ4n) is 4.36. The molecule has 3 N–H and O–H groups in total. The maximum absolute atomic E-state index is 14.1. The number of benzene rings is 2. The summed E-state index contributed by atoms with van der Waals surface area (Å²) in [6.07, 6.45) is 3.30. The van der Waals surface area contributed by atoms with Crippen molar-refractivity contribution in [2.24, 2.45) is 5.92 Å². The molecule has 0 fully saturated rings. The number of carboxylic acids is 1. The Labute approximate surface area is 187 Å². The number of carboxylic acid groups (broad SMARTS) is 1. The second-order valence-electron chi connectivity index (χ2n) is 8.39. The molecule has 5 nitrogen and oxygen atoms in total. The molecule has 0 radical (unpaired) electrons. The maximum atomic E-state index is 14.1. The lowest BCUT2D eigenvalue weighted by molar-refractivity contribution is -0.138. The Kier molecular flexibility index (Phi) is 6.81. The van der Waals surface area contributed by atoms with Crippen molar-refractivity contribution in [1.29, 1.82) is 0 Å². The van der Waals surface area contributed by atoms with Gasteiger partial charge in [0.15, 0.2) is 0 Å². The van der Waals surface area contributed by atoms with E-state index in [1.807, 2.05) is 30.5 Å². The minimum absolute atomic E-state index is 0.116. The SMILES string of the molecule is C[C@@H](C(=O)O)c1cc(F)cc(CCN[C@H](c2ccccc2)[C@H]2CNc3cccnc3C2)c1. The van der Waals surface area contributed by atoms with E-state index in [4.69, 9.17) is 0 Å². The van der Waals surface area contributed by atoms with Crippen LogP contribution in [0.25, 0.3) is 0 Å². The summed E-state index contributed by atoms with van der Waals surface area (Å²) in [6.45, 7) is 3.06. The van der Waals surface area contributed by atoms with Crippen LogP contribution in [0.4, 0.5) is 10.1 Å². The van der Waals surface area contributed by atoms with E-state index in [2.05, 4.69) is 33.8 Å². The lowest BCUT2D eigenvalue weighted by atomic mass is 9.86. The average molecular weight is 434 g/mol. The number of carbonyl (C=O) groups is 1. The van der Waals surface area contributed by atoms with Crippen LogP contribution in [0, 0.1) is 11.7 Å². The van der Waals surface area contributed by atoms with Crippen molar-refractivity contribution < 1.29 is 14.3 Å². The number of pyridine rings is 1. The van der Waals surface area contributed by atoms with Crippen molar-refractivity contribution in [3.8, 4) is 0 Å². The predicted molar refractivity (Wildman–Crippen MR) is 123 cm³/mol. The van der Waals surface area contributed by atoms with Crippen LogP contribution in [0.3, 0.4) is 0 Å². The maximum Gasteiger partial charge on any atom is 0.310 e. The molecule has 0 spiro atoms. The molecule has 1 aromatic heterocycles. The van der Waals surface area contributed by atoms with Crippen LogP contribution in [-0.2, 0) is 17.6 Å². The highest BCUT2D eigenvalue weighted by molar-refractivity contribution is 5.75. The normalized spacial score (nSPS) is 17.1. The van der Waals surface area contributed by atoms with E-state index in [-0.39, 0.29) is 6.04 Å². The number of halogens is 1. The molecule has 3 atom stereocenters. The Morgan fingerprint density at radius 1 is 1.19 bits per heavy atom. The van der Waals surface area contributed by atoms with Gasteiger partial charge in [0.05, 0.1) is 17.3 Å². The summed E-state index contributed by atoms with van der Waals surface area (Å²) in [6, 6.07) is 19.0. The third-order valence-electron chi connectivity index (χ3n) is 6.16. The Morgan fingerprint density at radius 2 is 2.00 bits per heavy atom. The number of rotatable bonds is 8. The van der Waals surface area contributed by atoms with E-state index in [0.29, 0.717) is 24.4 Å². The first-order valence-electron chi connectivity index (χ1n) is 11.0. The molecule has 3 aromatic rings. The standard InChI is InChI=1S/C26H28FN3O2/c1-17(26(31)32)20-12-18(13-22(27)14-20)9-11-29-25(19-6-3-2-4-7-19)21-15-24-23(30-16-21)8-5-10-28-24/h2-8,10,12-14,17,21,25,29-30H,9,11,15-16H2,1H3,(H,31,32)/t17-,21-,25-/m1/s1. The van der Waals surface area contributed by atoms with Crippen LogP contribution in [0.1, 0.15) is 41.3 Å². The van der Waals surface area contributed by atoms with Gasteiger partial charge < -0.3 is 15.7 Å². The van der Waals surface area contributed by atoms with E-state index in [9.17, 15) is 14.3 Å². The smallest absolute Gasteiger partial charge is 0.310 e. The summed E-state index contributed by atoms with van der Waals surface area (Å²) >= 11 is 0. The minimum atomic E-state index is -0.956. The van der Waals surface area contributed by atoms with Crippen LogP contribution in [0.15, 0.2) is 66.9 Å². The van der Waals surface area contributed by atoms with E-state index in [1.165, 1.54) is 17.7 Å². The molecule has 2 heterocycles. The number of hydrogen-bond acceptors (Lipinski definition) is 4. The molecule has 0 unspecified atom stereocenters. The fourth-order valence-corrected chi connectivity index (χ4v) is 4.36. The van der Waals surface area contributed by atoms with Gasteiger partial charge in [-0.25, -0.2) is 4.39 Å². The minimum Gasteiger partial charge on any atom is -0.481 e. The third kappa shape index (κ3) is 5.14.